The van der Waals surface area contributed by atoms with Crippen molar-refractivity contribution in [1.82, 2.24) is 10.2 Å². The van der Waals surface area contributed by atoms with Crippen LogP contribution in [0.15, 0.2) is 53.1 Å². The third-order valence-corrected chi connectivity index (χ3v) is 6.27. The van der Waals surface area contributed by atoms with Gasteiger partial charge in [-0.1, -0.05) is 83.6 Å². The van der Waals surface area contributed by atoms with Gasteiger partial charge in [-0.25, -0.2) is 14.8 Å². The third kappa shape index (κ3) is 5.44. The summed E-state index contributed by atoms with van der Waals surface area (Å²) in [6.07, 6.45) is -1.33. The predicted octanol–water partition coefficient (Wildman–Crippen LogP) is 7.39. The minimum absolute atomic E-state index is 0.101. The molecule has 2 amide bonds. The van der Waals surface area contributed by atoms with E-state index in [9.17, 15) is 14.7 Å². The highest BCUT2D eigenvalue weighted by Crippen LogP contribution is 2.36. The number of carbonyl (C=O) groups excluding carboxylic acids is 1. The van der Waals surface area contributed by atoms with Crippen molar-refractivity contribution in [2.24, 2.45) is 5.92 Å². The van der Waals surface area contributed by atoms with Crippen molar-refractivity contribution in [3.8, 4) is 22.6 Å². The second kappa shape index (κ2) is 10.9. The Bertz CT molecular complexity index is 1180. The van der Waals surface area contributed by atoms with Crippen molar-refractivity contribution in [3.05, 3.63) is 58.6 Å². The largest absolute Gasteiger partial charge is 0.464 e. The summed E-state index contributed by atoms with van der Waals surface area (Å²) in [5.74, 6) is -0.556. The Hall–Kier alpha value is -2.45. The zero-order valence-electron chi connectivity index (χ0n) is 18.4. The van der Waals surface area contributed by atoms with Crippen LogP contribution in [0.4, 0.5) is 10.5 Å². The summed E-state index contributed by atoms with van der Waals surface area (Å²) in [5.41, 5.74) is 1.70. The van der Waals surface area contributed by atoms with E-state index in [1.165, 1.54) is 0 Å². The first-order valence-electron chi connectivity index (χ1n) is 10.2. The standard InChI is InChI=1S/C23H21Cl4N3O4/c1-12(2)13(3)29(23(32)33)30(22(31)21(26)27)15-7-4-6-14(10-15)19-11-18(28-34-19)20-16(24)8-5-9-17(20)25/h4-13,21H,1-3H3,(H,32,33). The van der Waals surface area contributed by atoms with Gasteiger partial charge in [0.1, 0.15) is 5.69 Å². The van der Waals surface area contributed by atoms with Crippen LogP contribution in [0.5, 0.6) is 0 Å². The van der Waals surface area contributed by atoms with Crippen molar-refractivity contribution < 1.29 is 19.2 Å². The van der Waals surface area contributed by atoms with Crippen LogP contribution in [0.25, 0.3) is 22.6 Å². The smallest absolute Gasteiger partial charge is 0.426 e. The number of hydrazine groups is 1. The lowest BCUT2D eigenvalue weighted by molar-refractivity contribution is -0.120. The molecule has 0 spiro atoms. The number of rotatable bonds is 6. The molecule has 3 aromatic rings. The Morgan fingerprint density at radius 3 is 2.18 bits per heavy atom. The van der Waals surface area contributed by atoms with Crippen LogP contribution in [-0.4, -0.2) is 38.2 Å². The fraction of sp³-hybridized carbons (Fsp3) is 0.261. The zero-order valence-corrected chi connectivity index (χ0v) is 21.4. The highest BCUT2D eigenvalue weighted by Gasteiger charge is 2.35. The molecule has 0 fully saturated rings. The Morgan fingerprint density at radius 2 is 1.62 bits per heavy atom. The first kappa shape index (κ1) is 26.2. The molecule has 1 atom stereocenters. The number of carboxylic acid groups (broad SMARTS) is 1. The molecule has 0 saturated carbocycles. The van der Waals surface area contributed by atoms with E-state index < -0.39 is 22.9 Å². The van der Waals surface area contributed by atoms with Crippen molar-refractivity contribution in [1.29, 1.82) is 0 Å². The third-order valence-electron chi connectivity index (χ3n) is 5.26. The van der Waals surface area contributed by atoms with Gasteiger partial charge >= 0.3 is 6.09 Å². The topological polar surface area (TPSA) is 86.9 Å². The summed E-state index contributed by atoms with van der Waals surface area (Å²) in [6.45, 7) is 5.37. The summed E-state index contributed by atoms with van der Waals surface area (Å²) < 4.78 is 5.50. The Labute approximate surface area is 216 Å². The highest BCUT2D eigenvalue weighted by atomic mass is 35.5. The molecule has 1 aromatic heterocycles. The number of alkyl halides is 2. The molecule has 1 N–H and O–H groups in total. The van der Waals surface area contributed by atoms with E-state index >= 15 is 0 Å². The van der Waals surface area contributed by atoms with E-state index in [1.54, 1.807) is 55.5 Å². The molecule has 0 bridgehead atoms. The second-order valence-electron chi connectivity index (χ2n) is 7.79. The molecule has 1 heterocycles. The number of benzene rings is 2. The van der Waals surface area contributed by atoms with Crippen LogP contribution >= 0.6 is 46.4 Å². The van der Waals surface area contributed by atoms with Gasteiger partial charge in [0.15, 0.2) is 10.6 Å². The number of hydrogen-bond donors (Lipinski definition) is 1. The minimum atomic E-state index is -1.48. The fourth-order valence-corrected chi connectivity index (χ4v) is 4.01. The lowest BCUT2D eigenvalue weighted by Gasteiger charge is -2.38. The summed E-state index contributed by atoms with van der Waals surface area (Å²) >= 11 is 24.3. The molecular formula is C23H21Cl4N3O4. The summed E-state index contributed by atoms with van der Waals surface area (Å²) in [7, 11) is 0. The zero-order chi connectivity index (χ0) is 25.2. The maximum absolute atomic E-state index is 12.9. The van der Waals surface area contributed by atoms with Crippen molar-refractivity contribution in [3.63, 3.8) is 0 Å². The van der Waals surface area contributed by atoms with E-state index in [0.717, 1.165) is 10.0 Å². The van der Waals surface area contributed by atoms with Crippen LogP contribution in [0.2, 0.25) is 10.0 Å². The normalized spacial score (nSPS) is 12.1. The molecule has 1 unspecified atom stereocenters. The summed E-state index contributed by atoms with van der Waals surface area (Å²) in [5, 5.41) is 16.7. The average Bonchev–Trinajstić information content (AvgIpc) is 3.26. The lowest BCUT2D eigenvalue weighted by Crippen LogP contribution is -2.56. The highest BCUT2D eigenvalue weighted by molar-refractivity contribution is 6.54. The van der Waals surface area contributed by atoms with Gasteiger partial charge in [-0.2, -0.15) is 0 Å². The summed E-state index contributed by atoms with van der Waals surface area (Å²) in [4.78, 5) is 23.6. The van der Waals surface area contributed by atoms with Crippen LogP contribution in [-0.2, 0) is 4.79 Å². The fourth-order valence-electron chi connectivity index (χ4n) is 3.24. The first-order valence-corrected chi connectivity index (χ1v) is 11.8. The van der Waals surface area contributed by atoms with Crippen LogP contribution in [0, 0.1) is 5.92 Å². The molecule has 3 rings (SSSR count). The minimum Gasteiger partial charge on any atom is -0.464 e. The first-order chi connectivity index (χ1) is 16.0. The average molecular weight is 545 g/mol. The number of hydrogen-bond acceptors (Lipinski definition) is 4. The Balaban J connectivity index is 2.08. The van der Waals surface area contributed by atoms with E-state index in [1.807, 2.05) is 13.8 Å². The van der Waals surface area contributed by atoms with Crippen molar-refractivity contribution >= 4 is 64.1 Å². The Morgan fingerprint density at radius 1 is 1.00 bits per heavy atom. The number of aromatic nitrogens is 1. The maximum atomic E-state index is 12.9. The number of nitrogens with zero attached hydrogens (tertiary/aromatic N) is 3. The molecule has 11 heteroatoms. The number of anilines is 1. The monoisotopic (exact) mass is 543 g/mol. The van der Waals surface area contributed by atoms with Gasteiger partial charge < -0.3 is 9.63 Å². The Kier molecular flexibility index (Phi) is 8.36. The lowest BCUT2D eigenvalue weighted by atomic mass is 10.1. The van der Waals surface area contributed by atoms with E-state index in [0.29, 0.717) is 32.6 Å². The molecule has 0 aliphatic heterocycles. The van der Waals surface area contributed by atoms with E-state index in [2.05, 4.69) is 5.16 Å². The van der Waals surface area contributed by atoms with Crippen LogP contribution in [0.3, 0.4) is 0 Å². The second-order valence-corrected chi connectivity index (χ2v) is 9.70. The molecule has 0 saturated heterocycles. The molecule has 2 aromatic carbocycles. The van der Waals surface area contributed by atoms with Crippen LogP contribution in [0.1, 0.15) is 20.8 Å². The van der Waals surface area contributed by atoms with Gasteiger partial charge in [-0.15, -0.1) is 0 Å². The van der Waals surface area contributed by atoms with Gasteiger partial charge in [0.05, 0.1) is 21.8 Å². The molecule has 34 heavy (non-hydrogen) atoms. The van der Waals surface area contributed by atoms with E-state index in [4.69, 9.17) is 50.9 Å². The molecule has 0 radical (unpaired) electrons. The van der Waals surface area contributed by atoms with Crippen LogP contribution < -0.4 is 5.01 Å². The van der Waals surface area contributed by atoms with Crippen molar-refractivity contribution in [2.75, 3.05) is 5.01 Å². The molecular weight excluding hydrogens is 524 g/mol. The molecule has 0 aliphatic carbocycles. The van der Waals surface area contributed by atoms with Gasteiger partial charge in [-0.3, -0.25) is 4.79 Å². The number of halogens is 4. The SMILES string of the molecule is CC(C)C(C)N(C(=O)O)N(C(=O)C(Cl)Cl)c1cccc(-c2cc(-c3c(Cl)cccc3Cl)no2)c1. The number of carbonyl (C=O) groups is 2. The maximum Gasteiger partial charge on any atom is 0.426 e. The molecule has 7 nitrogen and oxygen atoms in total. The van der Waals surface area contributed by atoms with Gasteiger partial charge in [0.25, 0.3) is 5.91 Å². The van der Waals surface area contributed by atoms with Gasteiger partial charge in [0.2, 0.25) is 0 Å². The summed E-state index contributed by atoms with van der Waals surface area (Å²) in [6, 6.07) is 12.7. The van der Waals surface area contributed by atoms with Gasteiger partial charge in [-0.05, 0) is 37.1 Å². The van der Waals surface area contributed by atoms with Crippen molar-refractivity contribution in [2.45, 2.75) is 31.6 Å². The van der Waals surface area contributed by atoms with E-state index in [-0.39, 0.29) is 11.6 Å². The van der Waals surface area contributed by atoms with Gasteiger partial charge in [0, 0.05) is 17.2 Å². The quantitative estimate of drug-likeness (QED) is 0.258. The predicted molar refractivity (Wildman–Crippen MR) is 135 cm³/mol. The number of amides is 2. The molecule has 180 valence electrons. The molecule has 0 aliphatic rings.